The van der Waals surface area contributed by atoms with Gasteiger partial charge in [-0.15, -0.1) is 0 Å². The van der Waals surface area contributed by atoms with Gasteiger partial charge in [-0.3, -0.25) is 0 Å². The van der Waals surface area contributed by atoms with Crippen LogP contribution in [0.1, 0.15) is 66.2 Å². The fourth-order valence-corrected chi connectivity index (χ4v) is 3.84. The molecular weight excluding hydrogens is 156 g/mol. The van der Waals surface area contributed by atoms with Crippen LogP contribution in [0.15, 0.2) is 0 Å². The van der Waals surface area contributed by atoms with Gasteiger partial charge in [0.15, 0.2) is 0 Å². The molecule has 0 aliphatic heterocycles. The fourth-order valence-electron chi connectivity index (χ4n) is 3.84. The maximum absolute atomic E-state index is 2.57. The summed E-state index contributed by atoms with van der Waals surface area (Å²) in [5, 5.41) is 0. The molecule has 0 amide bonds. The van der Waals surface area contributed by atoms with Crippen LogP contribution in [0.2, 0.25) is 0 Å². The van der Waals surface area contributed by atoms with Crippen molar-refractivity contribution in [1.82, 2.24) is 0 Å². The van der Waals surface area contributed by atoms with Gasteiger partial charge in [0.1, 0.15) is 0 Å². The maximum Gasteiger partial charge on any atom is -0.0269 e. The van der Waals surface area contributed by atoms with Crippen LogP contribution in [0.4, 0.5) is 0 Å². The average Bonchev–Trinajstić information content (AvgIpc) is 2.41. The van der Waals surface area contributed by atoms with Crippen LogP contribution in [0.3, 0.4) is 0 Å². The van der Waals surface area contributed by atoms with Gasteiger partial charge in [-0.25, -0.2) is 0 Å². The third kappa shape index (κ3) is 1.65. The lowest BCUT2D eigenvalue weighted by Gasteiger charge is -2.40. The standard InChI is InChI=1S/C12H22.CH4/c1-3-10-7-8-11-6-4-5-9-12(10,11)2;/h10-11H,3-9H2,1-2H3;1H4. The molecule has 13 heavy (non-hydrogen) atoms. The predicted octanol–water partition coefficient (Wildman–Crippen LogP) is 4.64. The zero-order valence-corrected chi connectivity index (χ0v) is 8.60. The molecule has 0 N–H and O–H groups in total. The number of hydrogen-bond donors (Lipinski definition) is 0. The van der Waals surface area contributed by atoms with Gasteiger partial charge in [-0.1, -0.05) is 40.5 Å². The van der Waals surface area contributed by atoms with Crippen molar-refractivity contribution in [2.75, 3.05) is 0 Å². The van der Waals surface area contributed by atoms with Crippen LogP contribution in [-0.2, 0) is 0 Å². The summed E-state index contributed by atoms with van der Waals surface area (Å²) in [6.45, 7) is 4.95. The Kier molecular flexibility index (Phi) is 3.43. The zero-order valence-electron chi connectivity index (χ0n) is 8.60. The molecule has 0 aromatic carbocycles. The largest absolute Gasteiger partial charge is 0.0776 e. The van der Waals surface area contributed by atoms with Crippen LogP contribution >= 0.6 is 0 Å². The molecular formula is C13H26. The van der Waals surface area contributed by atoms with Gasteiger partial charge in [-0.05, 0) is 42.9 Å². The van der Waals surface area contributed by atoms with Crippen LogP contribution in [0, 0.1) is 17.3 Å². The summed E-state index contributed by atoms with van der Waals surface area (Å²) in [6, 6.07) is 0. The minimum atomic E-state index is 0. The van der Waals surface area contributed by atoms with E-state index in [1.165, 1.54) is 44.9 Å². The molecule has 0 bridgehead atoms. The van der Waals surface area contributed by atoms with Crippen LogP contribution in [0.5, 0.6) is 0 Å². The van der Waals surface area contributed by atoms with Gasteiger partial charge in [-0.2, -0.15) is 0 Å². The maximum atomic E-state index is 2.57. The van der Waals surface area contributed by atoms with E-state index >= 15 is 0 Å². The van der Waals surface area contributed by atoms with Crippen molar-refractivity contribution in [3.63, 3.8) is 0 Å². The van der Waals surface area contributed by atoms with Gasteiger partial charge in [0.25, 0.3) is 0 Å². The quantitative estimate of drug-likeness (QED) is 0.554. The summed E-state index contributed by atoms with van der Waals surface area (Å²) in [7, 11) is 0. The van der Waals surface area contributed by atoms with Crippen molar-refractivity contribution in [2.45, 2.75) is 66.2 Å². The van der Waals surface area contributed by atoms with Gasteiger partial charge < -0.3 is 0 Å². The van der Waals surface area contributed by atoms with Crippen LogP contribution in [-0.4, -0.2) is 0 Å². The third-order valence-corrected chi connectivity index (χ3v) is 4.74. The Morgan fingerprint density at radius 1 is 1.15 bits per heavy atom. The lowest BCUT2D eigenvalue weighted by Crippen LogP contribution is -2.31. The smallest absolute Gasteiger partial charge is 0.0269 e. The first-order valence-electron chi connectivity index (χ1n) is 5.77. The zero-order chi connectivity index (χ0) is 8.60. The highest BCUT2D eigenvalue weighted by Gasteiger charge is 2.45. The monoisotopic (exact) mass is 182 g/mol. The molecule has 0 aromatic heterocycles. The van der Waals surface area contributed by atoms with Gasteiger partial charge in [0, 0.05) is 0 Å². The van der Waals surface area contributed by atoms with E-state index in [1.54, 1.807) is 0 Å². The molecule has 2 aliphatic carbocycles. The summed E-state index contributed by atoms with van der Waals surface area (Å²) in [5.41, 5.74) is 0.757. The third-order valence-electron chi connectivity index (χ3n) is 4.74. The molecule has 3 atom stereocenters. The van der Waals surface area contributed by atoms with E-state index < -0.39 is 0 Å². The minimum Gasteiger partial charge on any atom is -0.0776 e. The van der Waals surface area contributed by atoms with Crippen molar-refractivity contribution >= 4 is 0 Å². The molecule has 2 fully saturated rings. The Morgan fingerprint density at radius 3 is 2.62 bits per heavy atom. The fraction of sp³-hybridized carbons (Fsp3) is 1.00. The van der Waals surface area contributed by atoms with E-state index in [-0.39, 0.29) is 7.43 Å². The van der Waals surface area contributed by atoms with Gasteiger partial charge in [0.2, 0.25) is 0 Å². The lowest BCUT2D eigenvalue weighted by atomic mass is 9.65. The summed E-state index contributed by atoms with van der Waals surface area (Å²) in [6.07, 6.45) is 10.6. The highest BCUT2D eigenvalue weighted by Crippen LogP contribution is 2.56. The van der Waals surface area contributed by atoms with Crippen molar-refractivity contribution in [1.29, 1.82) is 0 Å². The van der Waals surface area contributed by atoms with E-state index in [4.69, 9.17) is 0 Å². The first kappa shape index (κ1) is 11.1. The molecule has 3 unspecified atom stereocenters. The van der Waals surface area contributed by atoms with E-state index in [0.717, 1.165) is 17.3 Å². The molecule has 0 aromatic rings. The Bertz CT molecular complexity index is 153. The molecule has 0 radical (unpaired) electrons. The molecule has 78 valence electrons. The second kappa shape index (κ2) is 4.02. The highest BCUT2D eigenvalue weighted by molar-refractivity contribution is 4.96. The SMILES string of the molecule is C.CCC1CCC2CCCCC12C. The second-order valence-corrected chi connectivity index (χ2v) is 5.13. The molecule has 2 saturated carbocycles. The molecule has 0 nitrogen and oxygen atoms in total. The van der Waals surface area contributed by atoms with Crippen molar-refractivity contribution in [3.8, 4) is 0 Å². The van der Waals surface area contributed by atoms with Crippen LogP contribution in [0.25, 0.3) is 0 Å². The number of rotatable bonds is 1. The minimum absolute atomic E-state index is 0. The first-order valence-corrected chi connectivity index (χ1v) is 5.77. The van der Waals surface area contributed by atoms with Crippen molar-refractivity contribution in [2.24, 2.45) is 17.3 Å². The van der Waals surface area contributed by atoms with Gasteiger partial charge in [0.05, 0.1) is 0 Å². The lowest BCUT2D eigenvalue weighted by molar-refractivity contribution is 0.0974. The Morgan fingerprint density at radius 2 is 1.92 bits per heavy atom. The normalized spacial score (nSPS) is 43.8. The Labute approximate surface area is 84.1 Å². The predicted molar refractivity (Wildman–Crippen MR) is 59.8 cm³/mol. The number of fused-ring (bicyclic) bond motifs is 1. The molecule has 2 aliphatic rings. The van der Waals surface area contributed by atoms with E-state index in [1.807, 2.05) is 0 Å². The summed E-state index contributed by atoms with van der Waals surface area (Å²) in [5.74, 6) is 2.15. The summed E-state index contributed by atoms with van der Waals surface area (Å²) >= 11 is 0. The molecule has 0 heteroatoms. The second-order valence-electron chi connectivity index (χ2n) is 5.13. The van der Waals surface area contributed by atoms with Crippen LogP contribution < -0.4 is 0 Å². The van der Waals surface area contributed by atoms with Crippen molar-refractivity contribution in [3.05, 3.63) is 0 Å². The van der Waals surface area contributed by atoms with E-state index in [0.29, 0.717) is 0 Å². The average molecular weight is 182 g/mol. The first-order chi connectivity index (χ1) is 5.77. The highest BCUT2D eigenvalue weighted by atomic mass is 14.5. The number of hydrogen-bond acceptors (Lipinski definition) is 0. The topological polar surface area (TPSA) is 0 Å². The summed E-state index contributed by atoms with van der Waals surface area (Å²) in [4.78, 5) is 0. The summed E-state index contributed by atoms with van der Waals surface area (Å²) < 4.78 is 0. The molecule has 0 heterocycles. The van der Waals surface area contributed by atoms with E-state index in [9.17, 15) is 0 Å². The Hall–Kier alpha value is 0. The van der Waals surface area contributed by atoms with Gasteiger partial charge >= 0.3 is 0 Å². The Balaban J connectivity index is 0.000000845. The molecule has 2 rings (SSSR count). The molecule has 0 saturated heterocycles. The van der Waals surface area contributed by atoms with Crippen molar-refractivity contribution < 1.29 is 0 Å². The molecule has 0 spiro atoms. The van der Waals surface area contributed by atoms with E-state index in [2.05, 4.69) is 13.8 Å².